The number of aliphatic carboxylic acids is 1. The second-order valence-corrected chi connectivity index (χ2v) is 8.30. The molecule has 1 heterocycles. The summed E-state index contributed by atoms with van der Waals surface area (Å²) in [7, 11) is 0. The van der Waals surface area contributed by atoms with Crippen LogP contribution in [0.25, 0.3) is 11.1 Å². The molecule has 3 N–H and O–H groups in total. The standard InChI is InChI=1S/C25H27N5O5/c1-2-16(13-23(31)32)27-24(33)22-14-30(29-28-22)12-11-26-25(34)35-15-21-19-9-5-3-7-17(19)18-8-4-6-10-20(18)21/h3-10,14,16,21H,2,11-13,15H2,1H3,(H,26,34)(H,27,33)(H,31,32). The number of carboxylic acids is 1. The maximum atomic E-state index is 12.3. The lowest BCUT2D eigenvalue weighted by atomic mass is 9.98. The van der Waals surface area contributed by atoms with Gasteiger partial charge < -0.3 is 20.5 Å². The molecule has 1 aromatic heterocycles. The predicted molar refractivity (Wildman–Crippen MR) is 127 cm³/mol. The van der Waals surface area contributed by atoms with Gasteiger partial charge in [0.25, 0.3) is 5.91 Å². The first kappa shape index (κ1) is 23.9. The number of hydrogen-bond donors (Lipinski definition) is 3. The van der Waals surface area contributed by atoms with Crippen LogP contribution in [0.4, 0.5) is 4.79 Å². The van der Waals surface area contributed by atoms with Crippen molar-refractivity contribution in [1.29, 1.82) is 0 Å². The van der Waals surface area contributed by atoms with Crippen LogP contribution in [-0.2, 0) is 16.1 Å². The fourth-order valence-corrected chi connectivity index (χ4v) is 4.20. The van der Waals surface area contributed by atoms with Gasteiger partial charge in [0.15, 0.2) is 5.69 Å². The van der Waals surface area contributed by atoms with Crippen LogP contribution in [0.3, 0.4) is 0 Å². The Morgan fingerprint density at radius 1 is 1.09 bits per heavy atom. The molecule has 0 fully saturated rings. The van der Waals surface area contributed by atoms with Crippen LogP contribution < -0.4 is 10.6 Å². The lowest BCUT2D eigenvalue weighted by molar-refractivity contribution is -0.137. The van der Waals surface area contributed by atoms with E-state index >= 15 is 0 Å². The highest BCUT2D eigenvalue weighted by molar-refractivity contribution is 5.92. The third kappa shape index (κ3) is 5.65. The predicted octanol–water partition coefficient (Wildman–Crippen LogP) is 2.80. The molecule has 0 bridgehead atoms. The minimum absolute atomic E-state index is 0.0161. The van der Waals surface area contributed by atoms with Crippen LogP contribution in [0.15, 0.2) is 54.7 Å². The van der Waals surface area contributed by atoms with Gasteiger partial charge in [-0.3, -0.25) is 9.59 Å². The number of carboxylic acid groups (broad SMARTS) is 1. The summed E-state index contributed by atoms with van der Waals surface area (Å²) in [5, 5.41) is 21.9. The molecule has 35 heavy (non-hydrogen) atoms. The van der Waals surface area contributed by atoms with E-state index in [4.69, 9.17) is 9.84 Å². The molecule has 1 atom stereocenters. The molecule has 0 spiro atoms. The minimum Gasteiger partial charge on any atom is -0.481 e. The Hall–Kier alpha value is -4.21. The monoisotopic (exact) mass is 477 g/mol. The third-order valence-electron chi connectivity index (χ3n) is 5.97. The Bertz CT molecular complexity index is 1180. The molecule has 2 aromatic carbocycles. The first-order valence-corrected chi connectivity index (χ1v) is 11.5. The molecule has 1 aliphatic rings. The van der Waals surface area contributed by atoms with Gasteiger partial charge in [0.1, 0.15) is 6.61 Å². The molecule has 10 nitrogen and oxygen atoms in total. The summed E-state index contributed by atoms with van der Waals surface area (Å²) in [6.45, 7) is 2.54. The van der Waals surface area contributed by atoms with Crippen LogP contribution >= 0.6 is 0 Å². The Morgan fingerprint density at radius 3 is 2.37 bits per heavy atom. The molecule has 182 valence electrons. The van der Waals surface area contributed by atoms with Crippen molar-refractivity contribution in [3.8, 4) is 11.1 Å². The topological polar surface area (TPSA) is 135 Å². The number of nitrogens with zero attached hydrogens (tertiary/aromatic N) is 3. The molecular formula is C25H27N5O5. The number of carbonyl (C=O) groups excluding carboxylic acids is 2. The van der Waals surface area contributed by atoms with Gasteiger partial charge >= 0.3 is 12.1 Å². The summed E-state index contributed by atoms with van der Waals surface area (Å²) in [5.74, 6) is -1.49. The number of benzene rings is 2. The zero-order chi connectivity index (χ0) is 24.8. The molecule has 10 heteroatoms. The molecule has 1 aliphatic carbocycles. The maximum Gasteiger partial charge on any atom is 0.407 e. The Kier molecular flexibility index (Phi) is 7.39. The number of alkyl carbamates (subject to hydrolysis) is 1. The largest absolute Gasteiger partial charge is 0.481 e. The first-order valence-electron chi connectivity index (χ1n) is 11.5. The molecule has 3 aromatic rings. The minimum atomic E-state index is -0.986. The maximum absolute atomic E-state index is 12.3. The Balaban J connectivity index is 1.25. The summed E-state index contributed by atoms with van der Waals surface area (Å²) >= 11 is 0. The van der Waals surface area contributed by atoms with Crippen molar-refractivity contribution in [3.05, 3.63) is 71.5 Å². The van der Waals surface area contributed by atoms with Crippen molar-refractivity contribution in [1.82, 2.24) is 25.6 Å². The quantitative estimate of drug-likeness (QED) is 0.409. The highest BCUT2D eigenvalue weighted by Crippen LogP contribution is 2.44. The summed E-state index contributed by atoms with van der Waals surface area (Å²) in [6.07, 6.45) is 1.23. The van der Waals surface area contributed by atoms with Crippen LogP contribution in [0, 0.1) is 0 Å². The average molecular weight is 478 g/mol. The number of nitrogens with one attached hydrogen (secondary N) is 2. The number of ether oxygens (including phenoxy) is 1. The van der Waals surface area contributed by atoms with Gasteiger partial charge in [0.05, 0.1) is 19.2 Å². The van der Waals surface area contributed by atoms with Gasteiger partial charge in [0.2, 0.25) is 0 Å². The fraction of sp³-hybridized carbons (Fsp3) is 0.320. The molecule has 4 rings (SSSR count). The SMILES string of the molecule is CCC(CC(=O)O)NC(=O)c1cn(CCNC(=O)OCC2c3ccccc3-c3ccccc32)nn1. The average Bonchev–Trinajstić information content (AvgIpc) is 3.45. The summed E-state index contributed by atoms with van der Waals surface area (Å²) in [4.78, 5) is 35.4. The van der Waals surface area contributed by atoms with E-state index in [1.807, 2.05) is 24.3 Å². The summed E-state index contributed by atoms with van der Waals surface area (Å²) < 4.78 is 6.93. The zero-order valence-corrected chi connectivity index (χ0v) is 19.3. The van der Waals surface area contributed by atoms with Crippen molar-refractivity contribution in [2.45, 2.75) is 38.3 Å². The molecular weight excluding hydrogens is 450 g/mol. The number of rotatable bonds is 10. The summed E-state index contributed by atoms with van der Waals surface area (Å²) in [6, 6.07) is 15.8. The smallest absolute Gasteiger partial charge is 0.407 e. The normalized spacial score (nSPS) is 12.9. The highest BCUT2D eigenvalue weighted by atomic mass is 16.5. The second kappa shape index (κ2) is 10.8. The molecule has 0 radical (unpaired) electrons. The lowest BCUT2D eigenvalue weighted by Crippen LogP contribution is -2.36. The van der Waals surface area contributed by atoms with E-state index in [1.54, 1.807) is 6.92 Å². The van der Waals surface area contributed by atoms with E-state index in [2.05, 4.69) is 45.2 Å². The van der Waals surface area contributed by atoms with Crippen molar-refractivity contribution in [2.24, 2.45) is 0 Å². The number of amides is 2. The van der Waals surface area contributed by atoms with E-state index < -0.39 is 24.0 Å². The molecule has 0 saturated heterocycles. The third-order valence-corrected chi connectivity index (χ3v) is 5.97. The Labute approximate surface area is 202 Å². The van der Waals surface area contributed by atoms with E-state index in [9.17, 15) is 14.4 Å². The molecule has 0 saturated carbocycles. The van der Waals surface area contributed by atoms with Crippen molar-refractivity contribution < 1.29 is 24.2 Å². The molecule has 2 amide bonds. The van der Waals surface area contributed by atoms with Gasteiger partial charge in [-0.25, -0.2) is 9.48 Å². The highest BCUT2D eigenvalue weighted by Gasteiger charge is 2.29. The van der Waals surface area contributed by atoms with Crippen molar-refractivity contribution >= 4 is 18.0 Å². The van der Waals surface area contributed by atoms with Gasteiger partial charge in [-0.15, -0.1) is 5.10 Å². The van der Waals surface area contributed by atoms with Crippen LogP contribution in [0.1, 0.15) is 47.3 Å². The molecule has 0 aliphatic heterocycles. The number of hydrogen-bond acceptors (Lipinski definition) is 6. The van der Waals surface area contributed by atoms with Gasteiger partial charge in [-0.05, 0) is 28.7 Å². The van der Waals surface area contributed by atoms with Crippen LogP contribution in [0.2, 0.25) is 0 Å². The first-order chi connectivity index (χ1) is 17.0. The van der Waals surface area contributed by atoms with E-state index in [1.165, 1.54) is 10.9 Å². The van der Waals surface area contributed by atoms with E-state index in [-0.39, 0.29) is 37.7 Å². The summed E-state index contributed by atoms with van der Waals surface area (Å²) in [5.41, 5.74) is 4.69. The second-order valence-electron chi connectivity index (χ2n) is 8.30. The molecule has 1 unspecified atom stereocenters. The Morgan fingerprint density at radius 2 is 1.74 bits per heavy atom. The number of carbonyl (C=O) groups is 3. The van der Waals surface area contributed by atoms with Crippen molar-refractivity contribution in [2.75, 3.05) is 13.2 Å². The lowest BCUT2D eigenvalue weighted by Gasteiger charge is -2.14. The van der Waals surface area contributed by atoms with Crippen LogP contribution in [0.5, 0.6) is 0 Å². The number of fused-ring (bicyclic) bond motifs is 3. The van der Waals surface area contributed by atoms with E-state index in [0.717, 1.165) is 22.3 Å². The fourth-order valence-electron chi connectivity index (χ4n) is 4.20. The van der Waals surface area contributed by atoms with Crippen LogP contribution in [-0.4, -0.2) is 57.3 Å². The van der Waals surface area contributed by atoms with Gasteiger partial charge in [-0.2, -0.15) is 0 Å². The number of aromatic nitrogens is 3. The van der Waals surface area contributed by atoms with Gasteiger partial charge in [-0.1, -0.05) is 60.7 Å². The van der Waals surface area contributed by atoms with Crippen molar-refractivity contribution in [3.63, 3.8) is 0 Å². The zero-order valence-electron chi connectivity index (χ0n) is 19.3. The van der Waals surface area contributed by atoms with E-state index in [0.29, 0.717) is 6.42 Å². The van der Waals surface area contributed by atoms with Gasteiger partial charge in [0, 0.05) is 18.5 Å².